The van der Waals surface area contributed by atoms with Gasteiger partial charge in [0.2, 0.25) is 0 Å². The van der Waals surface area contributed by atoms with Crippen molar-refractivity contribution in [3.05, 3.63) is 63.4 Å². The first-order valence-corrected chi connectivity index (χ1v) is 15.2. The van der Waals surface area contributed by atoms with Crippen LogP contribution in [0.2, 0.25) is 5.02 Å². The average molecular weight is 609 g/mol. The fourth-order valence-electron chi connectivity index (χ4n) is 5.95. The van der Waals surface area contributed by atoms with Crippen molar-refractivity contribution in [2.75, 3.05) is 36.2 Å². The van der Waals surface area contributed by atoms with Crippen molar-refractivity contribution in [2.45, 2.75) is 43.7 Å². The highest BCUT2D eigenvalue weighted by Crippen LogP contribution is 2.44. The van der Waals surface area contributed by atoms with Gasteiger partial charge in [-0.05, 0) is 43.4 Å². The lowest BCUT2D eigenvalue weighted by Crippen LogP contribution is -2.64. The summed E-state index contributed by atoms with van der Waals surface area (Å²) < 4.78 is 16.6. The summed E-state index contributed by atoms with van der Waals surface area (Å²) >= 11 is 8.27. The van der Waals surface area contributed by atoms with Crippen LogP contribution in [0.25, 0.3) is 28.0 Å². The molecule has 12 heteroatoms. The van der Waals surface area contributed by atoms with Crippen molar-refractivity contribution < 1.29 is 14.3 Å². The van der Waals surface area contributed by atoms with Gasteiger partial charge in [-0.3, -0.25) is 19.1 Å². The maximum absolute atomic E-state index is 15.1. The standard InChI is InChI=1S/C30H30ClFN6O3S/c1-14(2)23-26(21(42-5)9-10-33-23)38-28-16(11-17(31)24(35-28)22-18(32)7-6-8-20(22)39)25-27(30(38)41)36(4)29(40)19-12-34-15(3)13-37(19)25/h6-11,14-15,19,34,39H,12-13H2,1-5H3/t15-,19-/m1/s1. The first-order chi connectivity index (χ1) is 20.0. The number of anilines is 2. The Labute approximate surface area is 251 Å². The number of amides is 1. The fraction of sp³-hybridized carbons (Fsp3) is 0.333. The van der Waals surface area contributed by atoms with Gasteiger partial charge in [-0.1, -0.05) is 31.5 Å². The van der Waals surface area contributed by atoms with Crippen LogP contribution in [0, 0.1) is 5.82 Å². The number of halogens is 2. The Hall–Kier alpha value is -3.67. The summed E-state index contributed by atoms with van der Waals surface area (Å²) in [6.07, 6.45) is 3.61. The first-order valence-electron chi connectivity index (χ1n) is 13.6. The van der Waals surface area contributed by atoms with E-state index in [-0.39, 0.29) is 51.2 Å². The number of aromatic hydroxyl groups is 1. The molecular weight excluding hydrogens is 579 g/mol. The number of carbonyl (C=O) groups is 1. The van der Waals surface area contributed by atoms with E-state index in [1.54, 1.807) is 19.3 Å². The molecule has 4 aromatic rings. The number of likely N-dealkylation sites (N-methyl/N-ethyl adjacent to an activating group) is 1. The summed E-state index contributed by atoms with van der Waals surface area (Å²) in [6.45, 7) is 6.87. The number of carbonyl (C=O) groups excluding carboxylic acids is 1. The fourth-order valence-corrected chi connectivity index (χ4v) is 6.78. The summed E-state index contributed by atoms with van der Waals surface area (Å²) in [7, 11) is 1.61. The van der Waals surface area contributed by atoms with E-state index in [2.05, 4.69) is 10.3 Å². The number of nitrogens with one attached hydrogen (secondary N) is 1. The van der Waals surface area contributed by atoms with Gasteiger partial charge in [-0.2, -0.15) is 0 Å². The van der Waals surface area contributed by atoms with E-state index in [4.69, 9.17) is 16.6 Å². The first kappa shape index (κ1) is 28.4. The Morgan fingerprint density at radius 1 is 1.19 bits per heavy atom. The Morgan fingerprint density at radius 2 is 1.95 bits per heavy atom. The number of benzene rings is 1. The highest BCUT2D eigenvalue weighted by atomic mass is 35.5. The largest absolute Gasteiger partial charge is 0.507 e. The van der Waals surface area contributed by atoms with E-state index < -0.39 is 17.4 Å². The van der Waals surface area contributed by atoms with Crippen molar-refractivity contribution >= 4 is 51.7 Å². The number of piperazine rings is 1. The van der Waals surface area contributed by atoms with E-state index in [0.717, 1.165) is 4.90 Å². The van der Waals surface area contributed by atoms with Crippen molar-refractivity contribution in [1.82, 2.24) is 19.9 Å². The molecule has 1 saturated heterocycles. The van der Waals surface area contributed by atoms with Crippen LogP contribution in [0.15, 0.2) is 46.2 Å². The molecule has 0 bridgehead atoms. The molecule has 2 aliphatic heterocycles. The number of hydrogen-bond acceptors (Lipinski definition) is 8. The normalized spacial score (nSPS) is 18.5. The molecular formula is C30H30ClFN6O3S. The number of phenols is 1. The molecule has 2 N–H and O–H groups in total. The summed E-state index contributed by atoms with van der Waals surface area (Å²) in [6, 6.07) is 6.96. The van der Waals surface area contributed by atoms with Crippen molar-refractivity contribution in [2.24, 2.45) is 0 Å². The number of phenolic OH excluding ortho intramolecular Hbond substituents is 1. The molecule has 1 fully saturated rings. The monoisotopic (exact) mass is 608 g/mol. The molecule has 0 unspecified atom stereocenters. The zero-order valence-corrected chi connectivity index (χ0v) is 25.3. The second-order valence-corrected chi connectivity index (χ2v) is 12.2. The molecule has 2 aliphatic rings. The Balaban J connectivity index is 1.82. The lowest BCUT2D eigenvalue weighted by molar-refractivity contribution is -0.120. The molecule has 3 aromatic heterocycles. The van der Waals surface area contributed by atoms with E-state index in [1.165, 1.54) is 39.4 Å². The predicted molar refractivity (Wildman–Crippen MR) is 165 cm³/mol. The average Bonchev–Trinajstić information content (AvgIpc) is 2.95. The van der Waals surface area contributed by atoms with Gasteiger partial charge >= 0.3 is 0 Å². The summed E-state index contributed by atoms with van der Waals surface area (Å²) in [5.74, 6) is -1.29. The molecule has 5 heterocycles. The van der Waals surface area contributed by atoms with Gasteiger partial charge in [0.15, 0.2) is 5.65 Å². The zero-order valence-electron chi connectivity index (χ0n) is 23.8. The molecule has 1 amide bonds. The van der Waals surface area contributed by atoms with Crippen LogP contribution in [0.4, 0.5) is 15.8 Å². The molecule has 9 nitrogen and oxygen atoms in total. The van der Waals surface area contributed by atoms with Gasteiger partial charge in [-0.15, -0.1) is 11.8 Å². The van der Waals surface area contributed by atoms with E-state index >= 15 is 4.39 Å². The van der Waals surface area contributed by atoms with Gasteiger partial charge in [-0.25, -0.2) is 9.37 Å². The topological polar surface area (TPSA) is 104 Å². The van der Waals surface area contributed by atoms with Gasteiger partial charge in [0.1, 0.15) is 23.3 Å². The van der Waals surface area contributed by atoms with Crippen LogP contribution in [0.1, 0.15) is 32.4 Å². The number of nitrogens with zero attached hydrogens (tertiary/aromatic N) is 5. The Bertz CT molecular complexity index is 1810. The van der Waals surface area contributed by atoms with Crippen LogP contribution < -0.4 is 20.7 Å². The lowest BCUT2D eigenvalue weighted by Gasteiger charge is -2.46. The third-order valence-electron chi connectivity index (χ3n) is 7.93. The van der Waals surface area contributed by atoms with Crippen molar-refractivity contribution in [3.63, 3.8) is 0 Å². The highest BCUT2D eigenvalue weighted by Gasteiger charge is 2.43. The number of fused-ring (bicyclic) bond motifs is 5. The number of thioether (sulfide) groups is 1. The van der Waals surface area contributed by atoms with E-state index in [9.17, 15) is 14.7 Å². The van der Waals surface area contributed by atoms with Crippen LogP contribution in [0.5, 0.6) is 5.75 Å². The molecule has 218 valence electrons. The van der Waals surface area contributed by atoms with E-state index in [0.29, 0.717) is 35.5 Å². The summed E-state index contributed by atoms with van der Waals surface area (Å²) in [5.41, 5.74) is 1.56. The summed E-state index contributed by atoms with van der Waals surface area (Å²) in [4.78, 5) is 42.0. The van der Waals surface area contributed by atoms with Crippen LogP contribution in [-0.4, -0.2) is 64.0 Å². The quantitative estimate of drug-likeness (QED) is 0.314. The van der Waals surface area contributed by atoms with Crippen LogP contribution >= 0.6 is 23.4 Å². The summed E-state index contributed by atoms with van der Waals surface area (Å²) in [5, 5.41) is 14.6. The molecule has 42 heavy (non-hydrogen) atoms. The molecule has 0 aliphatic carbocycles. The van der Waals surface area contributed by atoms with Gasteiger partial charge in [0.25, 0.3) is 11.5 Å². The zero-order chi connectivity index (χ0) is 30.0. The number of hydrogen-bond donors (Lipinski definition) is 2. The van der Waals surface area contributed by atoms with Crippen molar-refractivity contribution in [1.29, 1.82) is 0 Å². The second-order valence-electron chi connectivity index (χ2n) is 10.9. The molecule has 1 aromatic carbocycles. The minimum atomic E-state index is -0.703. The van der Waals surface area contributed by atoms with Gasteiger partial charge < -0.3 is 20.2 Å². The third kappa shape index (κ3) is 4.25. The molecule has 6 rings (SSSR count). The van der Waals surface area contributed by atoms with Gasteiger partial charge in [0.05, 0.1) is 33.3 Å². The highest BCUT2D eigenvalue weighted by molar-refractivity contribution is 7.98. The smallest absolute Gasteiger partial charge is 0.283 e. The molecule has 2 atom stereocenters. The molecule has 0 saturated carbocycles. The number of pyridine rings is 3. The van der Waals surface area contributed by atoms with Crippen molar-refractivity contribution in [3.8, 4) is 22.7 Å². The maximum atomic E-state index is 15.1. The minimum Gasteiger partial charge on any atom is -0.507 e. The second kappa shape index (κ2) is 10.6. The third-order valence-corrected chi connectivity index (χ3v) is 8.99. The van der Waals surface area contributed by atoms with E-state index in [1.807, 2.05) is 38.0 Å². The van der Waals surface area contributed by atoms with Crippen LogP contribution in [-0.2, 0) is 4.79 Å². The molecule has 0 radical (unpaired) electrons. The Morgan fingerprint density at radius 3 is 2.64 bits per heavy atom. The lowest BCUT2D eigenvalue weighted by atomic mass is 9.99. The minimum absolute atomic E-state index is 0.000903. The van der Waals surface area contributed by atoms with Crippen LogP contribution in [0.3, 0.4) is 0 Å². The maximum Gasteiger partial charge on any atom is 0.283 e. The molecule has 0 spiro atoms. The Kier molecular flexibility index (Phi) is 7.15. The SMILES string of the molecule is CSc1ccnc(C(C)C)c1-n1c(=O)c2c(c3cc(Cl)c(-c4c(O)cccc4F)nc31)N1C[C@@H](C)NC[C@@H]1C(=O)N2C. The number of aromatic nitrogens is 3. The predicted octanol–water partition coefficient (Wildman–Crippen LogP) is 4.93. The van der Waals surface area contributed by atoms with Gasteiger partial charge in [0, 0.05) is 42.7 Å². The number of rotatable bonds is 4.